The van der Waals surface area contributed by atoms with Crippen LogP contribution >= 0.6 is 11.8 Å². The van der Waals surface area contributed by atoms with Crippen molar-refractivity contribution in [3.8, 4) is 6.07 Å². The Morgan fingerprint density at radius 3 is 2.83 bits per heavy atom. The summed E-state index contributed by atoms with van der Waals surface area (Å²) in [5.41, 5.74) is 5.58. The zero-order valence-electron chi connectivity index (χ0n) is 18.7. The molecule has 2 aliphatic heterocycles. The fourth-order valence-electron chi connectivity index (χ4n) is 4.94. The molecule has 1 saturated carbocycles. The number of thioether (sulfide) groups is 1. The second-order valence-electron chi connectivity index (χ2n) is 9.13. The number of rotatable bonds is 4. The van der Waals surface area contributed by atoms with Gasteiger partial charge in [-0.3, -0.25) is 14.8 Å². The van der Waals surface area contributed by atoms with Crippen LogP contribution in [0.15, 0.2) is 35.6 Å². The average molecular weight is 499 g/mol. The van der Waals surface area contributed by atoms with Gasteiger partial charge in [0.1, 0.15) is 22.8 Å². The number of hydrogen-bond acceptors (Lipinski definition) is 7. The molecule has 1 aliphatic carbocycles. The highest BCUT2D eigenvalue weighted by atomic mass is 32.2. The van der Waals surface area contributed by atoms with Crippen molar-refractivity contribution in [1.29, 1.82) is 5.26 Å². The number of likely N-dealkylation sites (tertiary alicyclic amines) is 1. The Hall–Kier alpha value is -3.39. The van der Waals surface area contributed by atoms with Crippen molar-refractivity contribution in [1.82, 2.24) is 14.9 Å². The van der Waals surface area contributed by atoms with E-state index in [0.717, 1.165) is 17.8 Å². The van der Waals surface area contributed by atoms with Gasteiger partial charge < -0.3 is 10.6 Å². The number of hydrogen-bond donors (Lipinski definition) is 1. The lowest BCUT2D eigenvalue weighted by molar-refractivity contribution is -0.131. The first kappa shape index (κ1) is 23.4. The molecule has 2 N–H and O–H groups in total. The van der Waals surface area contributed by atoms with Gasteiger partial charge in [-0.25, -0.2) is 13.8 Å². The minimum absolute atomic E-state index is 0.0148. The zero-order chi connectivity index (χ0) is 25.0. The van der Waals surface area contributed by atoms with E-state index < -0.39 is 28.2 Å². The summed E-state index contributed by atoms with van der Waals surface area (Å²) in [7, 11) is 0. The number of fused-ring (bicyclic) bond motifs is 1. The smallest absolute Gasteiger partial charge is 0.239 e. The first-order valence-corrected chi connectivity index (χ1v) is 11.9. The van der Waals surface area contributed by atoms with Crippen LogP contribution in [0.3, 0.4) is 0 Å². The van der Waals surface area contributed by atoms with E-state index >= 15 is 4.39 Å². The molecule has 2 aromatic rings. The molecule has 0 spiro atoms. The lowest BCUT2D eigenvalue weighted by Crippen LogP contribution is -2.45. The molecule has 1 saturated heterocycles. The Balaban J connectivity index is 1.47. The number of carbonyl (C=O) groups is 1. The molecule has 0 bridgehead atoms. The van der Waals surface area contributed by atoms with Crippen molar-refractivity contribution >= 4 is 34.7 Å². The molecule has 1 amide bonds. The maximum absolute atomic E-state index is 15.0. The van der Waals surface area contributed by atoms with Gasteiger partial charge in [-0.1, -0.05) is 11.8 Å². The fraction of sp³-hybridized carbons (Fsp3) is 0.375. The van der Waals surface area contributed by atoms with Gasteiger partial charge in [0.15, 0.2) is 5.17 Å². The molecule has 180 valence electrons. The van der Waals surface area contributed by atoms with Gasteiger partial charge >= 0.3 is 0 Å². The van der Waals surface area contributed by atoms with Crippen molar-refractivity contribution in [3.05, 3.63) is 58.9 Å². The number of alkyl halides is 1. The number of carbonyl (C=O) groups excluding carboxylic acids is 1. The Morgan fingerprint density at radius 1 is 1.37 bits per heavy atom. The van der Waals surface area contributed by atoms with E-state index in [0.29, 0.717) is 24.9 Å². The molecule has 0 aromatic carbocycles. The third-order valence-electron chi connectivity index (χ3n) is 6.83. The zero-order valence-corrected chi connectivity index (χ0v) is 19.5. The molecule has 2 fully saturated rings. The first-order chi connectivity index (χ1) is 16.7. The van der Waals surface area contributed by atoms with Gasteiger partial charge in [-0.2, -0.15) is 9.65 Å². The Kier molecular flexibility index (Phi) is 5.59. The number of nitriles is 1. The van der Waals surface area contributed by atoms with E-state index in [1.54, 1.807) is 6.92 Å². The second-order valence-corrected chi connectivity index (χ2v) is 10.5. The molecule has 11 heteroatoms. The van der Waals surface area contributed by atoms with E-state index in [1.165, 1.54) is 35.5 Å². The minimum atomic E-state index is -1.20. The number of aliphatic imine (C=N–C) groups is 1. The summed E-state index contributed by atoms with van der Waals surface area (Å²) in [6.07, 6.45) is 3.26. The molecule has 4 atom stereocenters. The van der Waals surface area contributed by atoms with Gasteiger partial charge in [-0.15, -0.1) is 0 Å². The van der Waals surface area contributed by atoms with Crippen LogP contribution in [-0.2, 0) is 10.3 Å². The predicted molar refractivity (Wildman–Crippen MR) is 126 cm³/mol. The lowest BCUT2D eigenvalue weighted by Gasteiger charge is -2.34. The molecule has 0 radical (unpaired) electrons. The van der Waals surface area contributed by atoms with E-state index in [4.69, 9.17) is 11.0 Å². The quantitative estimate of drug-likeness (QED) is 0.646. The van der Waals surface area contributed by atoms with E-state index in [-0.39, 0.29) is 40.4 Å². The van der Waals surface area contributed by atoms with Gasteiger partial charge in [0.25, 0.3) is 0 Å². The Morgan fingerprint density at radius 2 is 2.17 bits per heavy atom. The normalized spacial score (nSPS) is 29.9. The third-order valence-corrected chi connectivity index (χ3v) is 8.12. The van der Waals surface area contributed by atoms with Gasteiger partial charge in [0, 0.05) is 30.4 Å². The second kappa shape index (κ2) is 8.37. The van der Waals surface area contributed by atoms with Crippen LogP contribution in [0.4, 0.5) is 13.2 Å². The molecule has 3 aliphatic rings. The SMILES string of the molecule is C[C@]1(c2cc(/C=C(\F)c3ccc(C#N)cn3)cnc2F)N=C(N)S[C@@]2(C(=O)N3CCC(F)C3)C[C@H]21. The predicted octanol–water partition coefficient (Wildman–Crippen LogP) is 3.56. The number of halogens is 3. The molecule has 5 rings (SSSR count). The largest absolute Gasteiger partial charge is 0.378 e. The summed E-state index contributed by atoms with van der Waals surface area (Å²) in [5, 5.41) is 9.01. The van der Waals surface area contributed by atoms with Crippen LogP contribution in [0.25, 0.3) is 11.9 Å². The highest BCUT2D eigenvalue weighted by molar-refractivity contribution is 8.15. The van der Waals surface area contributed by atoms with Crippen LogP contribution in [0.5, 0.6) is 0 Å². The van der Waals surface area contributed by atoms with Crippen LogP contribution in [0.1, 0.15) is 42.1 Å². The highest BCUT2D eigenvalue weighted by Gasteiger charge is 2.71. The minimum Gasteiger partial charge on any atom is -0.378 e. The molecule has 2 aromatic heterocycles. The lowest BCUT2D eigenvalue weighted by atomic mass is 9.86. The molecular weight excluding hydrogens is 477 g/mol. The Bertz CT molecular complexity index is 1310. The van der Waals surface area contributed by atoms with Crippen molar-refractivity contribution in [3.63, 3.8) is 0 Å². The molecule has 4 heterocycles. The number of aromatic nitrogens is 2. The summed E-state index contributed by atoms with van der Waals surface area (Å²) in [6.45, 7) is 2.06. The van der Waals surface area contributed by atoms with Gasteiger partial charge in [0.2, 0.25) is 11.9 Å². The van der Waals surface area contributed by atoms with Gasteiger partial charge in [-0.05, 0) is 49.6 Å². The molecule has 1 unspecified atom stereocenters. The maximum atomic E-state index is 15.0. The van der Waals surface area contributed by atoms with Crippen molar-refractivity contribution < 1.29 is 18.0 Å². The average Bonchev–Trinajstić information content (AvgIpc) is 3.44. The van der Waals surface area contributed by atoms with E-state index in [1.807, 2.05) is 6.07 Å². The first-order valence-electron chi connectivity index (χ1n) is 11.0. The maximum Gasteiger partial charge on any atom is 0.239 e. The number of pyridine rings is 2. The van der Waals surface area contributed by atoms with Gasteiger partial charge in [0.05, 0.1) is 23.3 Å². The molecule has 35 heavy (non-hydrogen) atoms. The Labute approximate surface area is 203 Å². The van der Waals surface area contributed by atoms with E-state index in [2.05, 4.69) is 15.0 Å². The summed E-state index contributed by atoms with van der Waals surface area (Å²) >= 11 is 1.14. The standard InChI is InChI=1S/C24H21F3N6OS/c1-23(19-8-24(19,35-22(29)32-23)21(34)33-5-4-15(25)12-33)16-6-14(11-31-20(16)27)7-17(26)18-3-2-13(9-28)10-30-18/h2-3,6-7,10-11,15,19H,4-5,8,12H2,1H3,(H2,29,32)/b17-7-/t15?,19-,23+,24-/m0/s1. The number of nitrogens with two attached hydrogens (primary N) is 1. The molecular formula is C24H21F3N6OS. The van der Waals surface area contributed by atoms with Crippen molar-refractivity contribution in [2.24, 2.45) is 16.6 Å². The van der Waals surface area contributed by atoms with Crippen LogP contribution < -0.4 is 5.73 Å². The fourth-order valence-corrected chi connectivity index (χ4v) is 6.39. The van der Waals surface area contributed by atoms with E-state index in [9.17, 15) is 13.6 Å². The monoisotopic (exact) mass is 498 g/mol. The third kappa shape index (κ3) is 3.95. The topological polar surface area (TPSA) is 108 Å². The summed E-state index contributed by atoms with van der Waals surface area (Å²) < 4.78 is 42.6. The summed E-state index contributed by atoms with van der Waals surface area (Å²) in [5.74, 6) is -2.06. The summed E-state index contributed by atoms with van der Waals surface area (Å²) in [4.78, 5) is 27.0. The van der Waals surface area contributed by atoms with Crippen LogP contribution in [0, 0.1) is 23.2 Å². The number of nitrogens with zero attached hydrogens (tertiary/aromatic N) is 5. The van der Waals surface area contributed by atoms with Crippen molar-refractivity contribution in [2.45, 2.75) is 36.2 Å². The van der Waals surface area contributed by atoms with Crippen molar-refractivity contribution in [2.75, 3.05) is 13.1 Å². The van der Waals surface area contributed by atoms with Crippen LogP contribution in [-0.4, -0.2) is 50.0 Å². The highest BCUT2D eigenvalue weighted by Crippen LogP contribution is 2.66. The van der Waals surface area contributed by atoms with Crippen LogP contribution in [0.2, 0.25) is 0 Å². The summed E-state index contributed by atoms with van der Waals surface area (Å²) in [6, 6.07) is 6.17. The number of amidine groups is 1. The molecule has 7 nitrogen and oxygen atoms in total. The number of amides is 1.